The molecule has 0 atom stereocenters. The molecule has 0 amide bonds. The lowest BCUT2D eigenvalue weighted by Crippen LogP contribution is -1.98. The third kappa shape index (κ3) is 2.00. The van der Waals surface area contributed by atoms with Crippen molar-refractivity contribution in [1.82, 2.24) is 14.5 Å². The van der Waals surface area contributed by atoms with Crippen molar-refractivity contribution in [2.45, 2.75) is 20.0 Å². The number of hydrogen-bond acceptors (Lipinski definition) is 4. The first-order chi connectivity index (χ1) is 6.78. The molecular weight excluding hydrogens is 196 g/mol. The van der Waals surface area contributed by atoms with E-state index >= 15 is 0 Å². The molecule has 0 unspecified atom stereocenters. The topological polar surface area (TPSA) is 56.7 Å². The van der Waals surface area contributed by atoms with Crippen LogP contribution >= 0.6 is 11.3 Å². The summed E-state index contributed by atoms with van der Waals surface area (Å²) in [6, 6.07) is 0. The summed E-state index contributed by atoms with van der Waals surface area (Å²) in [4.78, 5) is 8.53. The van der Waals surface area contributed by atoms with Crippen molar-refractivity contribution >= 4 is 11.3 Å². The van der Waals surface area contributed by atoms with Crippen LogP contribution in [0.25, 0.3) is 0 Å². The smallest absolute Gasteiger partial charge is 0.0953 e. The van der Waals surface area contributed by atoms with Gasteiger partial charge in [0.1, 0.15) is 0 Å². The maximum atomic E-state index is 5.47. The maximum absolute atomic E-state index is 5.47. The first-order valence-corrected chi connectivity index (χ1v) is 5.27. The van der Waals surface area contributed by atoms with Gasteiger partial charge in [0.15, 0.2) is 0 Å². The van der Waals surface area contributed by atoms with Gasteiger partial charge in [-0.1, -0.05) is 0 Å². The van der Waals surface area contributed by atoms with Crippen LogP contribution in [0.2, 0.25) is 0 Å². The molecule has 4 nitrogen and oxygen atoms in total. The molecule has 2 aromatic rings. The zero-order valence-corrected chi connectivity index (χ0v) is 8.79. The van der Waals surface area contributed by atoms with Gasteiger partial charge in [-0.3, -0.25) is 0 Å². The van der Waals surface area contributed by atoms with E-state index in [0.717, 1.165) is 22.9 Å². The Hall–Kier alpha value is -1.20. The van der Waals surface area contributed by atoms with E-state index in [4.69, 9.17) is 5.73 Å². The van der Waals surface area contributed by atoms with Gasteiger partial charge in [0.2, 0.25) is 0 Å². The lowest BCUT2D eigenvalue weighted by atomic mass is 10.4. The number of aryl methyl sites for hydroxylation is 1. The van der Waals surface area contributed by atoms with Crippen LogP contribution in [0.15, 0.2) is 17.9 Å². The number of hydrogen-bond donors (Lipinski definition) is 1. The average Bonchev–Trinajstić information content (AvgIpc) is 2.76. The second-order valence-corrected chi connectivity index (χ2v) is 4.16. The number of imidazole rings is 1. The van der Waals surface area contributed by atoms with Crippen LogP contribution in [0.5, 0.6) is 0 Å². The van der Waals surface area contributed by atoms with Crippen molar-refractivity contribution in [3.8, 4) is 0 Å². The van der Waals surface area contributed by atoms with Gasteiger partial charge in [0, 0.05) is 18.1 Å². The van der Waals surface area contributed by atoms with E-state index in [1.165, 1.54) is 0 Å². The van der Waals surface area contributed by atoms with Crippen LogP contribution in [0.3, 0.4) is 0 Å². The second kappa shape index (κ2) is 3.89. The predicted octanol–water partition coefficient (Wildman–Crippen LogP) is 1.16. The van der Waals surface area contributed by atoms with Gasteiger partial charge < -0.3 is 10.3 Å². The Morgan fingerprint density at radius 1 is 1.50 bits per heavy atom. The summed E-state index contributed by atoms with van der Waals surface area (Å²) in [7, 11) is 0. The van der Waals surface area contributed by atoms with Gasteiger partial charge in [0.25, 0.3) is 0 Å². The molecule has 0 aliphatic rings. The minimum absolute atomic E-state index is 0.489. The van der Waals surface area contributed by atoms with Crippen molar-refractivity contribution in [3.63, 3.8) is 0 Å². The van der Waals surface area contributed by atoms with Crippen LogP contribution < -0.4 is 5.73 Å². The van der Waals surface area contributed by atoms with Gasteiger partial charge in [-0.25, -0.2) is 9.97 Å². The Bertz CT molecular complexity index is 418. The van der Waals surface area contributed by atoms with Gasteiger partial charge >= 0.3 is 0 Å². The van der Waals surface area contributed by atoms with Crippen LogP contribution in [0.1, 0.15) is 16.4 Å². The Labute approximate surface area is 86.4 Å². The molecule has 74 valence electrons. The molecular formula is C9H12N4S. The molecule has 0 bridgehead atoms. The number of aromatic nitrogens is 3. The number of nitrogens with two attached hydrogens (primary N) is 1. The zero-order valence-electron chi connectivity index (χ0n) is 7.97. The summed E-state index contributed by atoms with van der Waals surface area (Å²) in [6.07, 6.45) is 3.74. The van der Waals surface area contributed by atoms with Gasteiger partial charge in [0.05, 0.1) is 29.3 Å². The number of nitrogens with zero attached hydrogens (tertiary/aromatic N) is 3. The van der Waals surface area contributed by atoms with Crippen molar-refractivity contribution < 1.29 is 0 Å². The van der Waals surface area contributed by atoms with E-state index < -0.39 is 0 Å². The highest BCUT2D eigenvalue weighted by atomic mass is 32.1. The third-order valence-electron chi connectivity index (χ3n) is 1.91. The largest absolute Gasteiger partial charge is 0.331 e. The lowest BCUT2D eigenvalue weighted by molar-refractivity contribution is 0.775. The van der Waals surface area contributed by atoms with Crippen molar-refractivity contribution in [2.24, 2.45) is 5.73 Å². The predicted molar refractivity (Wildman–Crippen MR) is 56.1 cm³/mol. The number of thiazole rings is 1. The zero-order chi connectivity index (χ0) is 9.97. The van der Waals surface area contributed by atoms with Gasteiger partial charge in [-0.2, -0.15) is 0 Å². The molecule has 0 saturated heterocycles. The minimum Gasteiger partial charge on any atom is -0.331 e. The molecule has 0 aromatic carbocycles. The van der Waals surface area contributed by atoms with E-state index in [0.29, 0.717) is 6.54 Å². The van der Waals surface area contributed by atoms with Gasteiger partial charge in [-0.05, 0) is 6.92 Å². The van der Waals surface area contributed by atoms with Gasteiger partial charge in [-0.15, -0.1) is 11.3 Å². The standard InChI is InChI=1S/C9H12N4S/c1-7-12-9(5-14-7)4-13-3-8(2-10)11-6-13/h3,5-6H,2,4,10H2,1H3. The molecule has 0 aliphatic carbocycles. The van der Waals surface area contributed by atoms with E-state index in [9.17, 15) is 0 Å². The monoisotopic (exact) mass is 208 g/mol. The normalized spacial score (nSPS) is 10.7. The van der Waals surface area contributed by atoms with E-state index in [1.807, 2.05) is 17.7 Å². The molecule has 2 heterocycles. The van der Waals surface area contributed by atoms with Crippen molar-refractivity contribution in [3.05, 3.63) is 34.3 Å². The highest BCUT2D eigenvalue weighted by molar-refractivity contribution is 7.09. The fourth-order valence-electron chi connectivity index (χ4n) is 1.27. The molecule has 0 fully saturated rings. The molecule has 5 heteroatoms. The molecule has 0 saturated carbocycles. The van der Waals surface area contributed by atoms with E-state index in [1.54, 1.807) is 17.7 Å². The molecule has 14 heavy (non-hydrogen) atoms. The highest BCUT2D eigenvalue weighted by Crippen LogP contribution is 2.09. The highest BCUT2D eigenvalue weighted by Gasteiger charge is 2.00. The third-order valence-corrected chi connectivity index (χ3v) is 2.73. The molecule has 0 aliphatic heterocycles. The van der Waals surface area contributed by atoms with Crippen molar-refractivity contribution in [2.75, 3.05) is 0 Å². The number of rotatable bonds is 3. The maximum Gasteiger partial charge on any atom is 0.0953 e. The fourth-order valence-corrected chi connectivity index (χ4v) is 1.87. The van der Waals surface area contributed by atoms with Crippen molar-refractivity contribution in [1.29, 1.82) is 0 Å². The van der Waals surface area contributed by atoms with Crippen LogP contribution in [0.4, 0.5) is 0 Å². The SMILES string of the molecule is Cc1nc(Cn2cnc(CN)c2)cs1. The first kappa shape index (κ1) is 9.36. The Morgan fingerprint density at radius 3 is 2.93 bits per heavy atom. The molecule has 0 radical (unpaired) electrons. The Morgan fingerprint density at radius 2 is 2.36 bits per heavy atom. The summed E-state index contributed by atoms with van der Waals surface area (Å²) >= 11 is 1.67. The Balaban J connectivity index is 2.10. The molecule has 2 aromatic heterocycles. The summed E-state index contributed by atoms with van der Waals surface area (Å²) in [6.45, 7) is 3.27. The quantitative estimate of drug-likeness (QED) is 0.823. The molecule has 2 rings (SSSR count). The summed E-state index contributed by atoms with van der Waals surface area (Å²) in [5, 5.41) is 3.16. The lowest BCUT2D eigenvalue weighted by Gasteiger charge is -1.96. The summed E-state index contributed by atoms with van der Waals surface area (Å²) < 4.78 is 2.00. The summed E-state index contributed by atoms with van der Waals surface area (Å²) in [5.74, 6) is 0. The minimum atomic E-state index is 0.489. The summed E-state index contributed by atoms with van der Waals surface area (Å²) in [5.41, 5.74) is 7.46. The van der Waals surface area contributed by atoms with Crippen LogP contribution in [-0.2, 0) is 13.1 Å². The van der Waals surface area contributed by atoms with E-state index in [-0.39, 0.29) is 0 Å². The van der Waals surface area contributed by atoms with Crippen LogP contribution in [0, 0.1) is 6.92 Å². The fraction of sp³-hybridized carbons (Fsp3) is 0.333. The van der Waals surface area contributed by atoms with Crippen LogP contribution in [-0.4, -0.2) is 14.5 Å². The Kier molecular flexibility index (Phi) is 2.60. The van der Waals surface area contributed by atoms with E-state index in [2.05, 4.69) is 15.3 Å². The average molecular weight is 208 g/mol. The second-order valence-electron chi connectivity index (χ2n) is 3.10. The molecule has 2 N–H and O–H groups in total. The molecule has 0 spiro atoms. The first-order valence-electron chi connectivity index (χ1n) is 4.39.